The van der Waals surface area contributed by atoms with Gasteiger partial charge in [0.25, 0.3) is 0 Å². The van der Waals surface area contributed by atoms with Crippen molar-refractivity contribution in [1.29, 1.82) is 0 Å². The molecule has 13 N–H and O–H groups in total. The van der Waals surface area contributed by atoms with Gasteiger partial charge in [0.1, 0.15) is 18.1 Å². The summed E-state index contributed by atoms with van der Waals surface area (Å²) in [6, 6.07) is -4.76. The molecule has 0 aliphatic rings. The lowest BCUT2D eigenvalue weighted by Gasteiger charge is -2.25. The molecule has 0 aromatic carbocycles. The van der Waals surface area contributed by atoms with E-state index in [9.17, 15) is 29.1 Å². The normalized spacial score (nSPS) is 14.0. The lowest BCUT2D eigenvalue weighted by atomic mass is 10.0. The number of hydrogen-bond acceptors (Lipinski definition) is 9. The molecular formula is C20H38N8O7S. The first-order chi connectivity index (χ1) is 16.9. The molecule has 0 saturated heterocycles. The molecule has 0 heterocycles. The number of thiol groups is 1. The van der Waals surface area contributed by atoms with Crippen LogP contribution in [-0.2, 0) is 24.0 Å². The van der Waals surface area contributed by atoms with Gasteiger partial charge in [-0.05, 0) is 45.1 Å². The molecule has 16 heteroatoms. The molecule has 0 aromatic heterocycles. The van der Waals surface area contributed by atoms with Crippen LogP contribution in [-0.4, -0.2) is 88.8 Å². The number of nitrogens with zero attached hydrogens (tertiary/aromatic N) is 1. The highest BCUT2D eigenvalue weighted by atomic mass is 32.1. The number of nitrogens with two attached hydrogens (primary N) is 4. The minimum absolute atomic E-state index is 0.0170. The van der Waals surface area contributed by atoms with Crippen LogP contribution in [0.25, 0.3) is 0 Å². The van der Waals surface area contributed by atoms with E-state index in [1.165, 1.54) is 0 Å². The molecule has 0 aliphatic carbocycles. The Balaban J connectivity index is 5.50. The summed E-state index contributed by atoms with van der Waals surface area (Å²) in [6.07, 6.45) is 0.667. The molecule has 0 spiro atoms. The first-order valence-corrected chi connectivity index (χ1v) is 12.0. The van der Waals surface area contributed by atoms with Gasteiger partial charge in [-0.1, -0.05) is 0 Å². The molecule has 0 radical (unpaired) electrons. The number of nitrogens with one attached hydrogen (secondary N) is 3. The highest BCUT2D eigenvalue weighted by molar-refractivity contribution is 7.80. The highest BCUT2D eigenvalue weighted by Gasteiger charge is 2.30. The molecule has 206 valence electrons. The lowest BCUT2D eigenvalue weighted by Crippen LogP contribution is -2.57. The molecule has 36 heavy (non-hydrogen) atoms. The Bertz CT molecular complexity index is 779. The quantitative estimate of drug-likeness (QED) is 0.0341. The second-order valence-corrected chi connectivity index (χ2v) is 8.34. The van der Waals surface area contributed by atoms with Crippen LogP contribution in [0, 0.1) is 0 Å². The van der Waals surface area contributed by atoms with Crippen LogP contribution < -0.4 is 38.9 Å². The van der Waals surface area contributed by atoms with Crippen LogP contribution in [0.5, 0.6) is 0 Å². The van der Waals surface area contributed by atoms with Crippen molar-refractivity contribution >= 4 is 48.2 Å². The number of amides is 3. The zero-order valence-electron chi connectivity index (χ0n) is 20.0. The predicted octanol–water partition coefficient (Wildman–Crippen LogP) is -3.17. The summed E-state index contributed by atoms with van der Waals surface area (Å²) >= 11 is 3.95. The molecule has 0 aromatic rings. The van der Waals surface area contributed by atoms with E-state index in [4.69, 9.17) is 28.0 Å². The summed E-state index contributed by atoms with van der Waals surface area (Å²) in [7, 11) is 0. The van der Waals surface area contributed by atoms with Crippen LogP contribution in [0.1, 0.15) is 44.9 Å². The van der Waals surface area contributed by atoms with Gasteiger partial charge in [-0.15, -0.1) is 0 Å². The van der Waals surface area contributed by atoms with E-state index in [2.05, 4.69) is 33.6 Å². The summed E-state index contributed by atoms with van der Waals surface area (Å²) in [4.78, 5) is 64.4. The summed E-state index contributed by atoms with van der Waals surface area (Å²) in [5.74, 6) is -4.95. The molecule has 0 rings (SSSR count). The van der Waals surface area contributed by atoms with Crippen LogP contribution in [0.4, 0.5) is 0 Å². The smallest absolute Gasteiger partial charge is 0.326 e. The standard InChI is InChI=1S/C20H38N8O7S/c21-8-2-1-4-12(26-16(31)11(22)10-36)17(32)27-13(6-7-15(29)30)18(33)28-14(19(34)35)5-3-9-25-20(23)24/h11-14,36H,1-10,21-22H2,(H,26,31)(H,27,32)(H,28,33)(H,29,30)(H,34,35)(H4,23,24,25). The molecule has 4 unspecified atom stereocenters. The number of carbonyl (C=O) groups excluding carboxylic acids is 3. The number of unbranched alkanes of at least 4 members (excludes halogenated alkanes) is 1. The van der Waals surface area contributed by atoms with Crippen molar-refractivity contribution < 1.29 is 34.2 Å². The first-order valence-electron chi connectivity index (χ1n) is 11.4. The molecule has 0 fully saturated rings. The Morgan fingerprint density at radius 2 is 1.33 bits per heavy atom. The minimum atomic E-state index is -1.37. The number of carboxylic acids is 2. The second kappa shape index (κ2) is 18.2. The van der Waals surface area contributed by atoms with Crippen molar-refractivity contribution in [2.24, 2.45) is 27.9 Å². The topological polar surface area (TPSA) is 278 Å². The van der Waals surface area contributed by atoms with Gasteiger partial charge in [0, 0.05) is 18.7 Å². The van der Waals surface area contributed by atoms with E-state index in [0.717, 1.165) is 0 Å². The van der Waals surface area contributed by atoms with Crippen molar-refractivity contribution in [3.63, 3.8) is 0 Å². The Morgan fingerprint density at radius 1 is 0.806 bits per heavy atom. The summed E-state index contributed by atoms with van der Waals surface area (Å²) in [6.45, 7) is 0.502. The number of carbonyl (C=O) groups is 5. The SMILES string of the molecule is NCCCCC(NC(=O)C(N)CS)C(=O)NC(CCC(=O)O)C(=O)NC(CCCN=C(N)N)C(=O)O. The van der Waals surface area contributed by atoms with Gasteiger partial charge in [0.15, 0.2) is 5.96 Å². The third kappa shape index (κ3) is 14.3. The Labute approximate surface area is 214 Å². The van der Waals surface area contributed by atoms with E-state index in [0.29, 0.717) is 19.4 Å². The summed E-state index contributed by atoms with van der Waals surface area (Å²) < 4.78 is 0. The predicted molar refractivity (Wildman–Crippen MR) is 135 cm³/mol. The number of aliphatic carboxylic acids is 2. The van der Waals surface area contributed by atoms with Crippen molar-refractivity contribution in [3.05, 3.63) is 0 Å². The van der Waals surface area contributed by atoms with E-state index in [1.54, 1.807) is 0 Å². The van der Waals surface area contributed by atoms with Gasteiger partial charge in [0.2, 0.25) is 17.7 Å². The van der Waals surface area contributed by atoms with Gasteiger partial charge in [-0.2, -0.15) is 12.6 Å². The zero-order chi connectivity index (χ0) is 27.7. The fourth-order valence-electron chi connectivity index (χ4n) is 2.97. The van der Waals surface area contributed by atoms with Gasteiger partial charge in [-0.3, -0.25) is 24.2 Å². The number of hydrogen-bond donors (Lipinski definition) is 10. The first kappa shape index (κ1) is 32.9. The van der Waals surface area contributed by atoms with E-state index in [1.807, 2.05) is 0 Å². The van der Waals surface area contributed by atoms with Gasteiger partial charge in [-0.25, -0.2) is 4.79 Å². The van der Waals surface area contributed by atoms with Gasteiger partial charge in [0.05, 0.1) is 6.04 Å². The summed E-state index contributed by atoms with van der Waals surface area (Å²) in [5.41, 5.74) is 21.6. The maximum Gasteiger partial charge on any atom is 0.326 e. The van der Waals surface area contributed by atoms with Crippen molar-refractivity contribution in [2.75, 3.05) is 18.8 Å². The Hall–Kier alpha value is -3.11. The molecule has 3 amide bonds. The molecule has 15 nitrogen and oxygen atoms in total. The number of carboxylic acid groups (broad SMARTS) is 2. The number of rotatable bonds is 19. The van der Waals surface area contributed by atoms with Crippen LogP contribution >= 0.6 is 12.6 Å². The van der Waals surface area contributed by atoms with Gasteiger partial charge < -0.3 is 49.1 Å². The minimum Gasteiger partial charge on any atom is -0.481 e. The van der Waals surface area contributed by atoms with Crippen LogP contribution in [0.2, 0.25) is 0 Å². The Morgan fingerprint density at radius 3 is 1.83 bits per heavy atom. The average molecular weight is 535 g/mol. The fraction of sp³-hybridized carbons (Fsp3) is 0.700. The van der Waals surface area contributed by atoms with E-state index >= 15 is 0 Å². The number of guanidine groups is 1. The van der Waals surface area contributed by atoms with E-state index < -0.39 is 60.2 Å². The fourth-order valence-corrected chi connectivity index (χ4v) is 3.13. The molecule has 0 bridgehead atoms. The molecule has 0 saturated carbocycles. The third-order valence-corrected chi connectivity index (χ3v) is 5.35. The molecular weight excluding hydrogens is 496 g/mol. The maximum absolute atomic E-state index is 12.9. The average Bonchev–Trinajstić information content (AvgIpc) is 2.81. The van der Waals surface area contributed by atoms with Crippen molar-refractivity contribution in [1.82, 2.24) is 16.0 Å². The monoisotopic (exact) mass is 534 g/mol. The van der Waals surface area contributed by atoms with Crippen LogP contribution in [0.15, 0.2) is 4.99 Å². The van der Waals surface area contributed by atoms with Crippen molar-refractivity contribution in [2.45, 2.75) is 69.1 Å². The van der Waals surface area contributed by atoms with Crippen molar-refractivity contribution in [3.8, 4) is 0 Å². The largest absolute Gasteiger partial charge is 0.481 e. The second-order valence-electron chi connectivity index (χ2n) is 7.98. The number of aliphatic imine (C=N–C) groups is 1. The highest BCUT2D eigenvalue weighted by Crippen LogP contribution is 2.07. The third-order valence-electron chi connectivity index (χ3n) is 4.95. The molecule has 4 atom stereocenters. The Kier molecular flexibility index (Phi) is 16.6. The summed E-state index contributed by atoms with van der Waals surface area (Å²) in [5, 5.41) is 25.7. The van der Waals surface area contributed by atoms with E-state index in [-0.39, 0.29) is 43.9 Å². The maximum atomic E-state index is 12.9. The lowest BCUT2D eigenvalue weighted by molar-refractivity contribution is -0.143. The zero-order valence-corrected chi connectivity index (χ0v) is 20.9. The van der Waals surface area contributed by atoms with Gasteiger partial charge >= 0.3 is 11.9 Å². The van der Waals surface area contributed by atoms with Crippen LogP contribution in [0.3, 0.4) is 0 Å². The molecule has 0 aliphatic heterocycles.